The molecule has 2 unspecified atom stereocenters. The van der Waals surface area contributed by atoms with Crippen molar-refractivity contribution in [3.8, 4) is 0 Å². The first-order chi connectivity index (χ1) is 8.22. The van der Waals surface area contributed by atoms with Crippen molar-refractivity contribution in [1.82, 2.24) is 4.90 Å². The Morgan fingerprint density at radius 2 is 2.24 bits per heavy atom. The SMILES string of the molecule is CCN1CCCCC(N)C1c1cccc(Cl)c1. The Kier molecular flexibility index (Phi) is 4.43. The summed E-state index contributed by atoms with van der Waals surface area (Å²) in [6.45, 7) is 4.39. The van der Waals surface area contributed by atoms with Crippen LogP contribution in [0.25, 0.3) is 0 Å². The molecule has 1 heterocycles. The zero-order valence-electron chi connectivity index (χ0n) is 10.4. The summed E-state index contributed by atoms with van der Waals surface area (Å²) in [5, 5.41) is 0.801. The minimum Gasteiger partial charge on any atom is -0.326 e. The van der Waals surface area contributed by atoms with Crippen molar-refractivity contribution in [3.05, 3.63) is 34.9 Å². The third-order valence-corrected chi connectivity index (χ3v) is 3.86. The lowest BCUT2D eigenvalue weighted by Gasteiger charge is -2.33. The molecule has 1 aliphatic heterocycles. The second kappa shape index (κ2) is 5.85. The van der Waals surface area contributed by atoms with Crippen molar-refractivity contribution in [2.75, 3.05) is 13.1 Å². The molecule has 0 aliphatic carbocycles. The Morgan fingerprint density at radius 1 is 1.41 bits per heavy atom. The van der Waals surface area contributed by atoms with Gasteiger partial charge in [-0.05, 0) is 43.6 Å². The third-order valence-electron chi connectivity index (χ3n) is 3.63. The normalized spacial score (nSPS) is 26.8. The highest BCUT2D eigenvalue weighted by molar-refractivity contribution is 6.30. The number of likely N-dealkylation sites (N-methyl/N-ethyl adjacent to an activating group) is 1. The number of hydrogen-bond acceptors (Lipinski definition) is 2. The van der Waals surface area contributed by atoms with Gasteiger partial charge in [-0.25, -0.2) is 0 Å². The molecule has 0 bridgehead atoms. The molecule has 1 fully saturated rings. The number of nitrogens with zero attached hydrogens (tertiary/aromatic N) is 1. The first kappa shape index (κ1) is 12.9. The quantitative estimate of drug-likeness (QED) is 0.876. The Labute approximate surface area is 109 Å². The van der Waals surface area contributed by atoms with Gasteiger partial charge in [-0.15, -0.1) is 0 Å². The molecule has 0 spiro atoms. The fourth-order valence-electron chi connectivity index (χ4n) is 2.77. The lowest BCUT2D eigenvalue weighted by molar-refractivity contribution is 0.195. The fourth-order valence-corrected chi connectivity index (χ4v) is 2.96. The standard InChI is InChI=1S/C14H21ClN2/c1-2-17-9-4-3-8-13(16)14(17)11-6-5-7-12(15)10-11/h5-7,10,13-14H,2-4,8-9,16H2,1H3. The average molecular weight is 253 g/mol. The highest BCUT2D eigenvalue weighted by Crippen LogP contribution is 2.30. The van der Waals surface area contributed by atoms with Gasteiger partial charge in [0.25, 0.3) is 0 Å². The molecule has 0 aromatic heterocycles. The summed E-state index contributed by atoms with van der Waals surface area (Å²) in [4.78, 5) is 2.48. The zero-order chi connectivity index (χ0) is 12.3. The lowest BCUT2D eigenvalue weighted by Crippen LogP contribution is -2.39. The maximum Gasteiger partial charge on any atom is 0.0499 e. The Balaban J connectivity index is 2.30. The minimum absolute atomic E-state index is 0.218. The van der Waals surface area contributed by atoms with E-state index in [9.17, 15) is 0 Å². The van der Waals surface area contributed by atoms with Crippen LogP contribution in [0.1, 0.15) is 37.8 Å². The predicted molar refractivity (Wildman–Crippen MR) is 73.3 cm³/mol. The third kappa shape index (κ3) is 3.01. The van der Waals surface area contributed by atoms with E-state index in [0.717, 1.165) is 24.5 Å². The average Bonchev–Trinajstić information content (AvgIpc) is 2.50. The fraction of sp³-hybridized carbons (Fsp3) is 0.571. The molecule has 0 radical (unpaired) electrons. The maximum absolute atomic E-state index is 6.34. The van der Waals surface area contributed by atoms with Gasteiger partial charge in [0, 0.05) is 17.1 Å². The number of likely N-dealkylation sites (tertiary alicyclic amines) is 1. The summed E-state index contributed by atoms with van der Waals surface area (Å²) in [6, 6.07) is 8.68. The van der Waals surface area contributed by atoms with Crippen LogP contribution in [0, 0.1) is 0 Å². The number of rotatable bonds is 2. The van der Waals surface area contributed by atoms with Gasteiger partial charge in [-0.3, -0.25) is 4.90 Å². The Hall–Kier alpha value is -0.570. The summed E-state index contributed by atoms with van der Waals surface area (Å²) in [6.07, 6.45) is 3.58. The number of nitrogens with two attached hydrogens (primary N) is 1. The van der Waals surface area contributed by atoms with E-state index in [1.807, 2.05) is 12.1 Å². The first-order valence-electron chi connectivity index (χ1n) is 6.47. The van der Waals surface area contributed by atoms with E-state index in [1.165, 1.54) is 18.4 Å². The van der Waals surface area contributed by atoms with Gasteiger partial charge in [-0.1, -0.05) is 37.1 Å². The minimum atomic E-state index is 0.218. The van der Waals surface area contributed by atoms with Crippen molar-refractivity contribution >= 4 is 11.6 Å². The molecule has 0 saturated carbocycles. The summed E-state index contributed by atoms with van der Waals surface area (Å²) >= 11 is 6.08. The van der Waals surface area contributed by atoms with Crippen LogP contribution in [-0.2, 0) is 0 Å². The molecule has 2 N–H and O–H groups in total. The first-order valence-corrected chi connectivity index (χ1v) is 6.85. The van der Waals surface area contributed by atoms with E-state index in [-0.39, 0.29) is 6.04 Å². The Bertz CT molecular complexity index is 367. The summed E-state index contributed by atoms with van der Waals surface area (Å²) < 4.78 is 0. The van der Waals surface area contributed by atoms with E-state index < -0.39 is 0 Å². The van der Waals surface area contributed by atoms with Crippen molar-refractivity contribution in [2.24, 2.45) is 5.73 Å². The molecule has 94 valence electrons. The maximum atomic E-state index is 6.34. The van der Waals surface area contributed by atoms with Crippen molar-refractivity contribution in [3.63, 3.8) is 0 Å². The zero-order valence-corrected chi connectivity index (χ0v) is 11.2. The van der Waals surface area contributed by atoms with E-state index in [4.69, 9.17) is 17.3 Å². The van der Waals surface area contributed by atoms with E-state index in [0.29, 0.717) is 6.04 Å². The molecule has 2 nitrogen and oxygen atoms in total. The molecular weight excluding hydrogens is 232 g/mol. The van der Waals surface area contributed by atoms with Crippen molar-refractivity contribution in [1.29, 1.82) is 0 Å². The molecule has 2 rings (SSSR count). The van der Waals surface area contributed by atoms with Crippen LogP contribution < -0.4 is 5.73 Å². The molecule has 0 amide bonds. The highest BCUT2D eigenvalue weighted by atomic mass is 35.5. The van der Waals surface area contributed by atoms with Crippen LogP contribution in [0.5, 0.6) is 0 Å². The van der Waals surface area contributed by atoms with Crippen LogP contribution in [-0.4, -0.2) is 24.0 Å². The Morgan fingerprint density at radius 3 is 2.94 bits per heavy atom. The largest absolute Gasteiger partial charge is 0.326 e. The lowest BCUT2D eigenvalue weighted by atomic mass is 9.96. The van der Waals surface area contributed by atoms with Crippen molar-refractivity contribution in [2.45, 2.75) is 38.3 Å². The molecule has 2 atom stereocenters. The second-order valence-electron chi connectivity index (χ2n) is 4.79. The van der Waals surface area contributed by atoms with Crippen LogP contribution >= 0.6 is 11.6 Å². The molecule has 1 aromatic rings. The van der Waals surface area contributed by atoms with Crippen LogP contribution in [0.15, 0.2) is 24.3 Å². The van der Waals surface area contributed by atoms with Gasteiger partial charge in [0.1, 0.15) is 0 Å². The summed E-state index contributed by atoms with van der Waals surface area (Å²) in [5.74, 6) is 0. The summed E-state index contributed by atoms with van der Waals surface area (Å²) in [5.41, 5.74) is 7.60. The highest BCUT2D eigenvalue weighted by Gasteiger charge is 2.27. The topological polar surface area (TPSA) is 29.3 Å². The summed E-state index contributed by atoms with van der Waals surface area (Å²) in [7, 11) is 0. The van der Waals surface area contributed by atoms with Gasteiger partial charge in [0.2, 0.25) is 0 Å². The number of hydrogen-bond donors (Lipinski definition) is 1. The van der Waals surface area contributed by atoms with Gasteiger partial charge < -0.3 is 5.73 Å². The van der Waals surface area contributed by atoms with Gasteiger partial charge >= 0.3 is 0 Å². The predicted octanol–water partition coefficient (Wildman–Crippen LogP) is 3.21. The number of halogens is 1. The number of benzene rings is 1. The van der Waals surface area contributed by atoms with Gasteiger partial charge in [0.15, 0.2) is 0 Å². The van der Waals surface area contributed by atoms with E-state index in [1.54, 1.807) is 0 Å². The molecule has 1 aliphatic rings. The van der Waals surface area contributed by atoms with Crippen LogP contribution in [0.3, 0.4) is 0 Å². The second-order valence-corrected chi connectivity index (χ2v) is 5.22. The molecule has 17 heavy (non-hydrogen) atoms. The van der Waals surface area contributed by atoms with Crippen LogP contribution in [0.2, 0.25) is 5.02 Å². The van der Waals surface area contributed by atoms with Gasteiger partial charge in [0.05, 0.1) is 0 Å². The van der Waals surface area contributed by atoms with Crippen molar-refractivity contribution < 1.29 is 0 Å². The van der Waals surface area contributed by atoms with E-state index in [2.05, 4.69) is 24.0 Å². The monoisotopic (exact) mass is 252 g/mol. The van der Waals surface area contributed by atoms with Crippen LogP contribution in [0.4, 0.5) is 0 Å². The smallest absolute Gasteiger partial charge is 0.0499 e. The van der Waals surface area contributed by atoms with E-state index >= 15 is 0 Å². The molecule has 1 saturated heterocycles. The molecule has 1 aromatic carbocycles. The molecule has 3 heteroatoms. The molecular formula is C14H21ClN2. The van der Waals surface area contributed by atoms with Gasteiger partial charge in [-0.2, -0.15) is 0 Å².